The molecule has 12 heteroatoms. The number of aromatic carboxylic acids is 1. The molecule has 0 radical (unpaired) electrons. The molecule has 1 saturated heterocycles. The molecule has 2 aromatic heterocycles. The number of likely N-dealkylation sites (tertiary alicyclic amines) is 1. The van der Waals surface area contributed by atoms with Gasteiger partial charge in [0.2, 0.25) is 0 Å². The molecule has 3 aromatic rings. The maximum atomic E-state index is 12.3. The number of pyridine rings is 1. The third-order valence-electron chi connectivity index (χ3n) is 6.87. The molecule has 0 aliphatic carbocycles. The molecule has 1 aromatic carbocycles. The number of halogens is 4. The number of rotatable bonds is 7. The number of nitrogens with one attached hydrogen (secondary N) is 2. The first-order valence-corrected chi connectivity index (χ1v) is 11.5. The van der Waals surface area contributed by atoms with Crippen LogP contribution in [0.4, 0.5) is 0 Å². The van der Waals surface area contributed by atoms with Gasteiger partial charge in [0.15, 0.2) is 5.56 Å². The Bertz CT molecular complexity index is 1250. The predicted molar refractivity (Wildman–Crippen MR) is 158 cm³/mol. The van der Waals surface area contributed by atoms with Crippen molar-refractivity contribution in [3.8, 4) is 17.0 Å². The second kappa shape index (κ2) is 14.9. The SMILES string of the molecule is CCc1c(-c2ccc3c(c2)cc(CNCC2CCN(C)CC2)n3C)[nH]c(=O)c(C(=O)O)c1O.Cl.Cl.Cl.Cl. The van der Waals surface area contributed by atoms with E-state index in [0.717, 1.165) is 42.6 Å². The maximum absolute atomic E-state index is 12.3. The van der Waals surface area contributed by atoms with E-state index in [1.165, 1.54) is 18.5 Å². The molecule has 0 spiro atoms. The van der Waals surface area contributed by atoms with Crippen LogP contribution in [-0.2, 0) is 20.0 Å². The number of aromatic nitrogens is 2. The fourth-order valence-electron chi connectivity index (χ4n) is 4.82. The average molecular weight is 598 g/mol. The van der Waals surface area contributed by atoms with E-state index < -0.39 is 22.8 Å². The zero-order chi connectivity index (χ0) is 23.7. The Morgan fingerprint density at radius 2 is 1.76 bits per heavy atom. The van der Waals surface area contributed by atoms with Gasteiger partial charge in [0.05, 0.1) is 5.69 Å². The van der Waals surface area contributed by atoms with E-state index in [0.29, 0.717) is 23.6 Å². The van der Waals surface area contributed by atoms with E-state index in [4.69, 9.17) is 0 Å². The molecule has 0 saturated carbocycles. The largest absolute Gasteiger partial charge is 0.506 e. The van der Waals surface area contributed by atoms with Crippen molar-refractivity contribution in [2.24, 2.45) is 13.0 Å². The lowest BCUT2D eigenvalue weighted by atomic mass is 9.97. The summed E-state index contributed by atoms with van der Waals surface area (Å²) in [5, 5.41) is 24.4. The Kier molecular flexibility index (Phi) is 14.1. The highest BCUT2D eigenvalue weighted by Gasteiger charge is 2.22. The number of carboxylic acids is 1. The molecule has 0 amide bonds. The summed E-state index contributed by atoms with van der Waals surface area (Å²) in [5.41, 5.74) is 2.43. The van der Waals surface area contributed by atoms with E-state index in [1.54, 1.807) is 0 Å². The number of carbonyl (C=O) groups is 1. The fraction of sp³-hybridized carbons (Fsp3) is 0.440. The maximum Gasteiger partial charge on any atom is 0.345 e. The van der Waals surface area contributed by atoms with Crippen LogP contribution in [-0.4, -0.2) is 57.3 Å². The number of aromatic hydroxyl groups is 1. The van der Waals surface area contributed by atoms with Crippen LogP contribution in [0.15, 0.2) is 29.1 Å². The average Bonchev–Trinajstić information content (AvgIpc) is 3.09. The number of piperidine rings is 1. The number of fused-ring (bicyclic) bond motifs is 1. The van der Waals surface area contributed by atoms with Crippen molar-refractivity contribution in [1.29, 1.82) is 0 Å². The van der Waals surface area contributed by atoms with Gasteiger partial charge in [-0.25, -0.2) is 4.79 Å². The van der Waals surface area contributed by atoms with Crippen LogP contribution in [0.5, 0.6) is 5.75 Å². The molecule has 1 fully saturated rings. The number of H-pyrrole nitrogens is 1. The van der Waals surface area contributed by atoms with E-state index in [2.05, 4.69) is 32.9 Å². The summed E-state index contributed by atoms with van der Waals surface area (Å²) >= 11 is 0. The van der Waals surface area contributed by atoms with E-state index in [1.807, 2.05) is 32.2 Å². The minimum absolute atomic E-state index is 0. The van der Waals surface area contributed by atoms with Gasteiger partial charge in [-0.15, -0.1) is 49.6 Å². The number of hydrogen-bond acceptors (Lipinski definition) is 5. The molecule has 37 heavy (non-hydrogen) atoms. The Morgan fingerprint density at radius 1 is 1.11 bits per heavy atom. The van der Waals surface area contributed by atoms with Crippen LogP contribution in [0.3, 0.4) is 0 Å². The molecule has 208 valence electrons. The molecular formula is C25H36Cl4N4O4. The predicted octanol–water partition coefficient (Wildman–Crippen LogP) is 4.62. The zero-order valence-corrected chi connectivity index (χ0v) is 24.3. The molecule has 0 unspecified atom stereocenters. The van der Waals surface area contributed by atoms with Gasteiger partial charge in [0, 0.05) is 35.8 Å². The summed E-state index contributed by atoms with van der Waals surface area (Å²) < 4.78 is 2.16. The van der Waals surface area contributed by atoms with Crippen molar-refractivity contribution in [1.82, 2.24) is 19.8 Å². The van der Waals surface area contributed by atoms with Crippen molar-refractivity contribution < 1.29 is 15.0 Å². The summed E-state index contributed by atoms with van der Waals surface area (Å²) in [6, 6.07) is 7.99. The molecule has 4 rings (SSSR count). The van der Waals surface area contributed by atoms with Gasteiger partial charge in [-0.3, -0.25) is 4.79 Å². The van der Waals surface area contributed by atoms with Crippen LogP contribution in [0.2, 0.25) is 0 Å². The summed E-state index contributed by atoms with van der Waals surface area (Å²) in [6.07, 6.45) is 2.85. The standard InChI is InChI=1S/C25H32N4O4.4ClH/c1-4-19-22(27-24(31)21(23(19)30)25(32)33)16-5-6-20-17(11-16)12-18(29(20)3)14-26-13-15-7-9-28(2)10-8-15;;;;/h5-6,11-12,15,26H,4,7-10,13-14H2,1-3H3,(H,32,33)(H2,27,30,31);4*1H. The van der Waals surface area contributed by atoms with E-state index >= 15 is 0 Å². The van der Waals surface area contributed by atoms with Crippen LogP contribution in [0, 0.1) is 5.92 Å². The van der Waals surface area contributed by atoms with Gasteiger partial charge in [0.25, 0.3) is 5.56 Å². The third kappa shape index (κ3) is 7.34. The lowest BCUT2D eigenvalue weighted by Gasteiger charge is -2.29. The second-order valence-electron chi connectivity index (χ2n) is 9.04. The van der Waals surface area contributed by atoms with Crippen molar-refractivity contribution in [2.75, 3.05) is 26.7 Å². The van der Waals surface area contributed by atoms with Crippen LogP contribution in [0.25, 0.3) is 22.2 Å². The second-order valence-corrected chi connectivity index (χ2v) is 9.04. The highest BCUT2D eigenvalue weighted by atomic mass is 35.5. The van der Waals surface area contributed by atoms with Gasteiger partial charge in [0.1, 0.15) is 5.75 Å². The van der Waals surface area contributed by atoms with Gasteiger partial charge >= 0.3 is 5.97 Å². The van der Waals surface area contributed by atoms with Crippen LogP contribution < -0.4 is 10.9 Å². The van der Waals surface area contributed by atoms with Crippen LogP contribution in [0.1, 0.15) is 41.4 Å². The molecule has 0 atom stereocenters. The number of carboxylic acid groups (broad SMARTS) is 1. The summed E-state index contributed by atoms with van der Waals surface area (Å²) in [7, 11) is 4.22. The monoisotopic (exact) mass is 596 g/mol. The number of benzene rings is 1. The number of aromatic amines is 1. The fourth-order valence-corrected chi connectivity index (χ4v) is 4.82. The molecule has 3 heterocycles. The van der Waals surface area contributed by atoms with E-state index in [9.17, 15) is 19.8 Å². The topological polar surface area (TPSA) is 111 Å². The highest BCUT2D eigenvalue weighted by molar-refractivity contribution is 5.92. The van der Waals surface area contributed by atoms with Gasteiger partial charge in [-0.2, -0.15) is 0 Å². The first-order chi connectivity index (χ1) is 15.8. The van der Waals surface area contributed by atoms with Gasteiger partial charge in [-0.1, -0.05) is 13.0 Å². The summed E-state index contributed by atoms with van der Waals surface area (Å²) in [6.45, 7) is 5.93. The third-order valence-corrected chi connectivity index (χ3v) is 6.87. The Balaban J connectivity index is 0.00000324. The zero-order valence-electron chi connectivity index (χ0n) is 21.1. The lowest BCUT2D eigenvalue weighted by molar-refractivity contribution is 0.0691. The number of aryl methyl sites for hydroxylation is 1. The summed E-state index contributed by atoms with van der Waals surface area (Å²) in [5.74, 6) is -1.19. The Labute approximate surface area is 241 Å². The minimum atomic E-state index is -1.44. The molecular weight excluding hydrogens is 562 g/mol. The van der Waals surface area contributed by atoms with E-state index in [-0.39, 0.29) is 49.6 Å². The molecule has 1 aliphatic rings. The quantitative estimate of drug-likeness (QED) is 0.316. The molecule has 4 N–H and O–H groups in total. The van der Waals surface area contributed by atoms with Gasteiger partial charge < -0.3 is 30.0 Å². The normalized spacial score (nSPS) is 13.7. The van der Waals surface area contributed by atoms with Crippen molar-refractivity contribution in [3.63, 3.8) is 0 Å². The Morgan fingerprint density at radius 3 is 2.35 bits per heavy atom. The number of hydrogen-bond donors (Lipinski definition) is 4. The van der Waals surface area contributed by atoms with Crippen molar-refractivity contribution in [2.45, 2.75) is 32.7 Å². The summed E-state index contributed by atoms with van der Waals surface area (Å²) in [4.78, 5) is 28.8. The molecule has 0 bridgehead atoms. The smallest absolute Gasteiger partial charge is 0.345 e. The minimum Gasteiger partial charge on any atom is -0.506 e. The van der Waals surface area contributed by atoms with Gasteiger partial charge in [-0.05, 0) is 75.6 Å². The highest BCUT2D eigenvalue weighted by Crippen LogP contribution is 2.32. The first kappa shape index (κ1) is 35.1. The van der Waals surface area contributed by atoms with Crippen molar-refractivity contribution >= 4 is 66.5 Å². The molecule has 1 aliphatic heterocycles. The van der Waals surface area contributed by atoms with Crippen LogP contribution >= 0.6 is 49.6 Å². The number of nitrogens with zero attached hydrogens (tertiary/aromatic N) is 2. The molecule has 8 nitrogen and oxygen atoms in total. The van der Waals surface area contributed by atoms with Crippen molar-refractivity contribution in [3.05, 3.63) is 51.4 Å². The lowest BCUT2D eigenvalue weighted by Crippen LogP contribution is -2.34. The first-order valence-electron chi connectivity index (χ1n) is 11.5. The Hall–Kier alpha value is -1.94.